The third kappa shape index (κ3) is 3.94. The van der Waals surface area contributed by atoms with Gasteiger partial charge in [0.2, 0.25) is 0 Å². The molecule has 2 atom stereocenters. The van der Waals surface area contributed by atoms with Crippen LogP contribution < -0.4 is 10.1 Å². The molecule has 20 heavy (non-hydrogen) atoms. The summed E-state index contributed by atoms with van der Waals surface area (Å²) in [6, 6.07) is 7.55. The Bertz CT molecular complexity index is 484. The van der Waals surface area contributed by atoms with Gasteiger partial charge in [-0.15, -0.1) is 0 Å². The van der Waals surface area contributed by atoms with Crippen LogP contribution in [0.1, 0.15) is 18.1 Å². The van der Waals surface area contributed by atoms with Crippen molar-refractivity contribution in [3.8, 4) is 11.8 Å². The fourth-order valence-corrected chi connectivity index (χ4v) is 2.20. The molecule has 1 aromatic carbocycles. The summed E-state index contributed by atoms with van der Waals surface area (Å²) in [6.07, 6.45) is 0.325. The van der Waals surface area contributed by atoms with Gasteiger partial charge in [-0.3, -0.25) is 0 Å². The highest BCUT2D eigenvalue weighted by atomic mass is 16.5. The van der Waals surface area contributed by atoms with Crippen LogP contribution in [0.5, 0.6) is 5.75 Å². The van der Waals surface area contributed by atoms with Crippen molar-refractivity contribution in [2.45, 2.75) is 25.7 Å². The summed E-state index contributed by atoms with van der Waals surface area (Å²) in [5, 5.41) is 12.2. The van der Waals surface area contributed by atoms with Crippen molar-refractivity contribution < 1.29 is 14.2 Å². The highest BCUT2D eigenvalue weighted by molar-refractivity contribution is 5.45. The van der Waals surface area contributed by atoms with E-state index in [0.29, 0.717) is 24.5 Å². The molecule has 1 aromatic rings. The van der Waals surface area contributed by atoms with Crippen molar-refractivity contribution >= 4 is 0 Å². The van der Waals surface area contributed by atoms with Crippen LogP contribution in [0.4, 0.5) is 0 Å². The maximum Gasteiger partial charge on any atom is 0.136 e. The molecular formula is C15H20N2O3. The Morgan fingerprint density at radius 2 is 2.30 bits per heavy atom. The van der Waals surface area contributed by atoms with Gasteiger partial charge >= 0.3 is 0 Å². The summed E-state index contributed by atoms with van der Waals surface area (Å²) in [6.45, 7) is 4.80. The van der Waals surface area contributed by atoms with E-state index in [1.165, 1.54) is 0 Å². The molecule has 1 aliphatic rings. The SMILES string of the molecule is COc1cc(COCC2CNCC(C)O2)ccc1C#N. The zero-order valence-electron chi connectivity index (χ0n) is 11.9. The molecule has 0 spiro atoms. The molecule has 0 amide bonds. The topological polar surface area (TPSA) is 63.5 Å². The second kappa shape index (κ2) is 7.25. The molecule has 0 aliphatic carbocycles. The van der Waals surface area contributed by atoms with Gasteiger partial charge in [-0.25, -0.2) is 0 Å². The smallest absolute Gasteiger partial charge is 0.136 e. The Labute approximate surface area is 119 Å². The molecule has 0 bridgehead atoms. The lowest BCUT2D eigenvalue weighted by atomic mass is 10.1. The Kier molecular flexibility index (Phi) is 5.36. The molecule has 1 N–H and O–H groups in total. The molecule has 5 heteroatoms. The summed E-state index contributed by atoms with van der Waals surface area (Å²) >= 11 is 0. The number of morpholine rings is 1. The van der Waals surface area contributed by atoms with Crippen molar-refractivity contribution in [1.29, 1.82) is 5.26 Å². The normalized spacial score (nSPS) is 22.2. The molecule has 0 radical (unpaired) electrons. The maximum atomic E-state index is 8.93. The molecule has 108 valence electrons. The number of rotatable bonds is 5. The zero-order valence-corrected chi connectivity index (χ0v) is 11.9. The highest BCUT2D eigenvalue weighted by Gasteiger charge is 2.18. The van der Waals surface area contributed by atoms with E-state index in [4.69, 9.17) is 19.5 Å². The number of benzene rings is 1. The molecule has 2 unspecified atom stereocenters. The number of nitrogens with one attached hydrogen (secondary N) is 1. The largest absolute Gasteiger partial charge is 0.495 e. The van der Waals surface area contributed by atoms with Gasteiger partial charge in [0.25, 0.3) is 0 Å². The van der Waals surface area contributed by atoms with Gasteiger partial charge in [-0.05, 0) is 24.6 Å². The van der Waals surface area contributed by atoms with Gasteiger partial charge in [0, 0.05) is 13.1 Å². The minimum Gasteiger partial charge on any atom is -0.495 e. The number of hydrogen-bond donors (Lipinski definition) is 1. The van der Waals surface area contributed by atoms with Gasteiger partial charge in [0.05, 0.1) is 38.1 Å². The molecule has 0 saturated carbocycles. The van der Waals surface area contributed by atoms with Crippen LogP contribution in [0.15, 0.2) is 18.2 Å². The summed E-state index contributed by atoms with van der Waals surface area (Å²) < 4.78 is 16.6. The molecule has 5 nitrogen and oxygen atoms in total. The van der Waals surface area contributed by atoms with E-state index in [1.54, 1.807) is 13.2 Å². The third-order valence-corrected chi connectivity index (χ3v) is 3.19. The van der Waals surface area contributed by atoms with Gasteiger partial charge in [-0.2, -0.15) is 5.26 Å². The molecule has 1 saturated heterocycles. The van der Waals surface area contributed by atoms with E-state index in [9.17, 15) is 0 Å². The Morgan fingerprint density at radius 3 is 3.00 bits per heavy atom. The predicted molar refractivity (Wildman–Crippen MR) is 74.6 cm³/mol. The lowest BCUT2D eigenvalue weighted by molar-refractivity contribution is -0.0716. The molecule has 0 aromatic heterocycles. The van der Waals surface area contributed by atoms with E-state index in [-0.39, 0.29) is 12.2 Å². The van der Waals surface area contributed by atoms with Gasteiger partial charge in [0.15, 0.2) is 0 Å². The van der Waals surface area contributed by atoms with E-state index in [0.717, 1.165) is 18.7 Å². The molecule has 1 heterocycles. The van der Waals surface area contributed by atoms with Gasteiger partial charge < -0.3 is 19.5 Å². The average Bonchev–Trinajstić information content (AvgIpc) is 2.47. The van der Waals surface area contributed by atoms with Crippen LogP contribution in [0, 0.1) is 11.3 Å². The van der Waals surface area contributed by atoms with E-state index < -0.39 is 0 Å². The van der Waals surface area contributed by atoms with Crippen LogP contribution in [-0.4, -0.2) is 39.0 Å². The van der Waals surface area contributed by atoms with Crippen molar-refractivity contribution in [2.24, 2.45) is 0 Å². The summed E-state index contributed by atoms with van der Waals surface area (Å²) in [7, 11) is 1.56. The van der Waals surface area contributed by atoms with E-state index >= 15 is 0 Å². The van der Waals surface area contributed by atoms with Gasteiger partial charge in [0.1, 0.15) is 11.8 Å². The number of nitriles is 1. The molecular weight excluding hydrogens is 256 g/mol. The Balaban J connectivity index is 1.83. The molecule has 1 aliphatic heterocycles. The van der Waals surface area contributed by atoms with Crippen LogP contribution >= 0.6 is 0 Å². The quantitative estimate of drug-likeness (QED) is 0.882. The Hall–Kier alpha value is -1.61. The first-order valence-corrected chi connectivity index (χ1v) is 6.74. The fourth-order valence-electron chi connectivity index (χ4n) is 2.20. The Morgan fingerprint density at radius 1 is 1.45 bits per heavy atom. The fraction of sp³-hybridized carbons (Fsp3) is 0.533. The van der Waals surface area contributed by atoms with Crippen LogP contribution in [-0.2, 0) is 16.1 Å². The summed E-state index contributed by atoms with van der Waals surface area (Å²) in [5.41, 5.74) is 1.52. The van der Waals surface area contributed by atoms with Crippen LogP contribution in [0.25, 0.3) is 0 Å². The first kappa shape index (κ1) is 14.8. The minimum absolute atomic E-state index is 0.0963. The number of methoxy groups -OCH3 is 1. The van der Waals surface area contributed by atoms with E-state index in [1.807, 2.05) is 19.1 Å². The maximum absolute atomic E-state index is 8.93. The third-order valence-electron chi connectivity index (χ3n) is 3.19. The summed E-state index contributed by atoms with van der Waals surface area (Å²) in [5.74, 6) is 0.581. The van der Waals surface area contributed by atoms with Crippen molar-refractivity contribution in [1.82, 2.24) is 5.32 Å². The molecule has 1 fully saturated rings. The molecule has 2 rings (SSSR count). The van der Waals surface area contributed by atoms with Crippen molar-refractivity contribution in [3.63, 3.8) is 0 Å². The van der Waals surface area contributed by atoms with Crippen LogP contribution in [0.3, 0.4) is 0 Å². The highest BCUT2D eigenvalue weighted by Crippen LogP contribution is 2.19. The summed E-state index contributed by atoms with van der Waals surface area (Å²) in [4.78, 5) is 0. The first-order valence-electron chi connectivity index (χ1n) is 6.74. The monoisotopic (exact) mass is 276 g/mol. The van der Waals surface area contributed by atoms with Crippen molar-refractivity contribution in [2.75, 3.05) is 26.8 Å². The lowest BCUT2D eigenvalue weighted by Crippen LogP contribution is -2.45. The zero-order chi connectivity index (χ0) is 14.4. The second-order valence-corrected chi connectivity index (χ2v) is 4.89. The van der Waals surface area contributed by atoms with Gasteiger partial charge in [-0.1, -0.05) is 6.07 Å². The first-order chi connectivity index (χ1) is 9.72. The number of nitrogens with zero attached hydrogens (tertiary/aromatic N) is 1. The van der Waals surface area contributed by atoms with Crippen LogP contribution in [0.2, 0.25) is 0 Å². The second-order valence-electron chi connectivity index (χ2n) is 4.89. The number of hydrogen-bond acceptors (Lipinski definition) is 5. The predicted octanol–water partition coefficient (Wildman–Crippen LogP) is 1.46. The standard InChI is InChI=1S/C15H20N2O3/c1-11-7-17-8-14(20-11)10-19-9-12-3-4-13(6-16)15(5-12)18-2/h3-5,11,14,17H,7-10H2,1-2H3. The van der Waals surface area contributed by atoms with E-state index in [2.05, 4.69) is 11.4 Å². The lowest BCUT2D eigenvalue weighted by Gasteiger charge is -2.28. The number of ether oxygens (including phenoxy) is 3. The minimum atomic E-state index is 0.0963. The van der Waals surface area contributed by atoms with Crippen molar-refractivity contribution in [3.05, 3.63) is 29.3 Å². The average molecular weight is 276 g/mol.